The number of rotatable bonds is 2. The van der Waals surface area contributed by atoms with Gasteiger partial charge in [-0.25, -0.2) is 0 Å². The molecule has 0 aliphatic carbocycles. The van der Waals surface area contributed by atoms with Crippen LogP contribution in [0.4, 0.5) is 0 Å². The Bertz CT molecular complexity index is 242. The van der Waals surface area contributed by atoms with Gasteiger partial charge in [0.05, 0.1) is 19.8 Å². The van der Waals surface area contributed by atoms with Crippen LogP contribution < -0.4 is 0 Å². The number of hydrogen-bond donors (Lipinski definition) is 0. The Morgan fingerprint density at radius 2 is 1.77 bits per heavy atom. The fourth-order valence-corrected chi connectivity index (χ4v) is 1.37. The molecule has 0 aromatic heterocycles. The van der Waals surface area contributed by atoms with Crippen molar-refractivity contribution in [2.24, 2.45) is 0 Å². The zero-order valence-electron chi connectivity index (χ0n) is 7.57. The van der Waals surface area contributed by atoms with Crippen molar-refractivity contribution in [3.8, 4) is 0 Å². The molecular formula is C11H13NO. The first-order valence-corrected chi connectivity index (χ1v) is 4.59. The van der Waals surface area contributed by atoms with Gasteiger partial charge in [0.25, 0.3) is 0 Å². The molecule has 1 aromatic carbocycles. The summed E-state index contributed by atoms with van der Waals surface area (Å²) in [7, 11) is 0. The smallest absolute Gasteiger partial charge is 0.0964 e. The van der Waals surface area contributed by atoms with Gasteiger partial charge in [-0.3, -0.25) is 4.90 Å². The molecule has 13 heavy (non-hydrogen) atoms. The van der Waals surface area contributed by atoms with Gasteiger partial charge in [-0.05, 0) is 5.56 Å². The summed E-state index contributed by atoms with van der Waals surface area (Å²) >= 11 is 0. The Labute approximate surface area is 79.1 Å². The third-order valence-electron chi connectivity index (χ3n) is 2.07. The van der Waals surface area contributed by atoms with Gasteiger partial charge in [-0.15, -0.1) is 0 Å². The summed E-state index contributed by atoms with van der Waals surface area (Å²) in [5.74, 6) is 0. The minimum Gasteiger partial charge on any atom is -0.379 e. The highest BCUT2D eigenvalue weighted by molar-refractivity contribution is 5.21. The summed E-state index contributed by atoms with van der Waals surface area (Å²) < 4.78 is 5.26. The van der Waals surface area contributed by atoms with Crippen molar-refractivity contribution in [1.82, 2.24) is 4.90 Å². The molecule has 0 N–H and O–H groups in total. The van der Waals surface area contributed by atoms with Crippen molar-refractivity contribution in [2.75, 3.05) is 26.3 Å². The van der Waals surface area contributed by atoms with Crippen LogP contribution in [0.1, 0.15) is 5.56 Å². The quantitative estimate of drug-likeness (QED) is 0.673. The SMILES string of the molecule is [C](c1ccccc1)N1CCOCC1. The number of hydrogen-bond acceptors (Lipinski definition) is 2. The normalized spacial score (nSPS) is 18.8. The Morgan fingerprint density at radius 3 is 2.46 bits per heavy atom. The van der Waals surface area contributed by atoms with Crippen LogP contribution in [0.25, 0.3) is 0 Å². The van der Waals surface area contributed by atoms with E-state index in [1.807, 2.05) is 18.2 Å². The van der Waals surface area contributed by atoms with Crippen molar-refractivity contribution in [3.05, 3.63) is 42.4 Å². The fourth-order valence-electron chi connectivity index (χ4n) is 1.37. The van der Waals surface area contributed by atoms with Gasteiger partial charge in [0, 0.05) is 13.1 Å². The standard InChI is InChI=1S/C11H13NO/c1-2-4-11(5-3-1)10-12-6-8-13-9-7-12/h1-5H,6-9H2. The summed E-state index contributed by atoms with van der Waals surface area (Å²) in [6.07, 6.45) is 0. The van der Waals surface area contributed by atoms with Crippen LogP contribution in [0.15, 0.2) is 30.3 Å². The highest BCUT2D eigenvalue weighted by atomic mass is 16.5. The summed E-state index contributed by atoms with van der Waals surface area (Å²) in [5, 5.41) is 0. The molecule has 1 aliphatic heterocycles. The molecule has 0 unspecified atom stereocenters. The first kappa shape index (κ1) is 8.73. The van der Waals surface area contributed by atoms with E-state index < -0.39 is 0 Å². The van der Waals surface area contributed by atoms with Crippen LogP contribution in [-0.4, -0.2) is 31.2 Å². The van der Waals surface area contributed by atoms with Crippen LogP contribution in [0, 0.1) is 6.54 Å². The molecule has 1 heterocycles. The maximum Gasteiger partial charge on any atom is 0.0964 e. The van der Waals surface area contributed by atoms with Gasteiger partial charge in [0.2, 0.25) is 0 Å². The molecule has 1 aliphatic rings. The zero-order chi connectivity index (χ0) is 8.93. The molecule has 0 saturated carbocycles. The number of morpholine rings is 1. The number of ether oxygens (including phenoxy) is 1. The van der Waals surface area contributed by atoms with E-state index in [1.54, 1.807) is 0 Å². The highest BCUT2D eigenvalue weighted by Crippen LogP contribution is 2.08. The first-order valence-electron chi connectivity index (χ1n) is 4.59. The average molecular weight is 175 g/mol. The van der Waals surface area contributed by atoms with E-state index in [1.165, 1.54) is 0 Å². The van der Waals surface area contributed by atoms with E-state index in [9.17, 15) is 0 Å². The molecule has 0 spiro atoms. The Morgan fingerprint density at radius 1 is 1.08 bits per heavy atom. The van der Waals surface area contributed by atoms with Crippen LogP contribution >= 0.6 is 0 Å². The molecule has 2 heteroatoms. The second-order valence-electron chi connectivity index (χ2n) is 3.08. The Hall–Kier alpha value is -0.860. The van der Waals surface area contributed by atoms with Crippen LogP contribution in [0.3, 0.4) is 0 Å². The minimum atomic E-state index is 0.819. The Balaban J connectivity index is 1.90. The summed E-state index contributed by atoms with van der Waals surface area (Å²) in [5.41, 5.74) is 1.14. The lowest BCUT2D eigenvalue weighted by atomic mass is 10.2. The number of benzene rings is 1. The summed E-state index contributed by atoms with van der Waals surface area (Å²) in [4.78, 5) is 2.18. The molecule has 2 nitrogen and oxygen atoms in total. The van der Waals surface area contributed by atoms with Gasteiger partial charge in [0.15, 0.2) is 0 Å². The maximum atomic E-state index is 5.26. The molecule has 2 rings (SSSR count). The van der Waals surface area contributed by atoms with Crippen LogP contribution in [0.2, 0.25) is 0 Å². The first-order chi connectivity index (χ1) is 6.45. The molecule has 1 saturated heterocycles. The van der Waals surface area contributed by atoms with Gasteiger partial charge < -0.3 is 4.74 Å². The largest absolute Gasteiger partial charge is 0.379 e. The third kappa shape index (κ3) is 2.54. The minimum absolute atomic E-state index is 0.819. The second kappa shape index (κ2) is 4.40. The van der Waals surface area contributed by atoms with E-state index in [4.69, 9.17) is 4.74 Å². The third-order valence-corrected chi connectivity index (χ3v) is 2.07. The zero-order valence-corrected chi connectivity index (χ0v) is 7.57. The molecule has 1 fully saturated rings. The predicted molar refractivity (Wildman–Crippen MR) is 51.2 cm³/mol. The molecule has 2 radical (unpaired) electrons. The van der Waals surface area contributed by atoms with E-state index in [2.05, 4.69) is 23.6 Å². The topological polar surface area (TPSA) is 12.5 Å². The van der Waals surface area contributed by atoms with Crippen molar-refractivity contribution >= 4 is 0 Å². The predicted octanol–water partition coefficient (Wildman–Crippen LogP) is 1.41. The van der Waals surface area contributed by atoms with Gasteiger partial charge in [-0.1, -0.05) is 30.3 Å². The molecule has 1 aromatic rings. The molecule has 0 atom stereocenters. The van der Waals surface area contributed by atoms with Gasteiger partial charge in [-0.2, -0.15) is 0 Å². The summed E-state index contributed by atoms with van der Waals surface area (Å²) in [6, 6.07) is 10.2. The van der Waals surface area contributed by atoms with E-state index in [0.29, 0.717) is 0 Å². The van der Waals surface area contributed by atoms with E-state index >= 15 is 0 Å². The van der Waals surface area contributed by atoms with Crippen LogP contribution in [0.5, 0.6) is 0 Å². The van der Waals surface area contributed by atoms with Crippen molar-refractivity contribution < 1.29 is 4.74 Å². The molecular weight excluding hydrogens is 162 g/mol. The average Bonchev–Trinajstić information content (AvgIpc) is 2.21. The van der Waals surface area contributed by atoms with Gasteiger partial charge >= 0.3 is 0 Å². The maximum absolute atomic E-state index is 5.26. The lowest BCUT2D eigenvalue weighted by Gasteiger charge is -2.25. The van der Waals surface area contributed by atoms with Crippen molar-refractivity contribution in [1.29, 1.82) is 0 Å². The van der Waals surface area contributed by atoms with E-state index in [0.717, 1.165) is 31.9 Å². The van der Waals surface area contributed by atoms with Crippen molar-refractivity contribution in [2.45, 2.75) is 0 Å². The lowest BCUT2D eigenvalue weighted by molar-refractivity contribution is 0.0532. The monoisotopic (exact) mass is 175 g/mol. The molecule has 0 bridgehead atoms. The Kier molecular flexibility index (Phi) is 2.95. The fraction of sp³-hybridized carbons (Fsp3) is 0.364. The van der Waals surface area contributed by atoms with Gasteiger partial charge in [0.1, 0.15) is 0 Å². The highest BCUT2D eigenvalue weighted by Gasteiger charge is 2.10. The number of nitrogens with zero attached hydrogens (tertiary/aromatic N) is 1. The molecule has 0 amide bonds. The van der Waals surface area contributed by atoms with Crippen LogP contribution in [-0.2, 0) is 4.74 Å². The lowest BCUT2D eigenvalue weighted by Crippen LogP contribution is -2.34. The summed E-state index contributed by atoms with van der Waals surface area (Å²) in [6.45, 7) is 6.88. The second-order valence-corrected chi connectivity index (χ2v) is 3.08. The van der Waals surface area contributed by atoms with Crippen molar-refractivity contribution in [3.63, 3.8) is 0 Å². The van der Waals surface area contributed by atoms with E-state index in [-0.39, 0.29) is 0 Å². The molecule has 68 valence electrons.